The first-order valence-corrected chi connectivity index (χ1v) is 5.77. The Hall–Kier alpha value is -1.39. The van der Waals surface area contributed by atoms with E-state index in [1.165, 1.54) is 0 Å². The summed E-state index contributed by atoms with van der Waals surface area (Å²) >= 11 is 0. The Balaban J connectivity index is 2.19. The molecule has 92 valence electrons. The van der Waals surface area contributed by atoms with Crippen molar-refractivity contribution in [1.82, 2.24) is 0 Å². The lowest BCUT2D eigenvalue weighted by atomic mass is 9.79. The van der Waals surface area contributed by atoms with Crippen molar-refractivity contribution in [3.63, 3.8) is 0 Å². The number of ether oxygens (including phenoxy) is 1. The molecule has 1 aromatic carbocycles. The summed E-state index contributed by atoms with van der Waals surface area (Å²) in [4.78, 5) is 11.4. The molecule has 0 amide bonds. The third-order valence-corrected chi connectivity index (χ3v) is 3.40. The van der Waals surface area contributed by atoms with E-state index in [1.54, 1.807) is 0 Å². The van der Waals surface area contributed by atoms with Crippen LogP contribution in [0.15, 0.2) is 30.3 Å². The maximum absolute atomic E-state index is 11.4. The minimum Gasteiger partial charge on any atom is -0.480 e. The molecular formula is C13H17NO3. The van der Waals surface area contributed by atoms with E-state index in [4.69, 9.17) is 10.5 Å². The number of carboxylic acid groups (broad SMARTS) is 1. The molecular weight excluding hydrogens is 218 g/mol. The highest BCUT2D eigenvalue weighted by Crippen LogP contribution is 2.27. The first-order valence-electron chi connectivity index (χ1n) is 5.77. The van der Waals surface area contributed by atoms with Gasteiger partial charge in [-0.25, -0.2) is 0 Å². The Bertz CT molecular complexity index is 387. The summed E-state index contributed by atoms with van der Waals surface area (Å²) < 4.78 is 5.25. The lowest BCUT2D eigenvalue weighted by Crippen LogP contribution is -2.56. The Morgan fingerprint density at radius 1 is 1.47 bits per heavy atom. The zero-order chi connectivity index (χ0) is 12.3. The molecule has 1 aromatic rings. The topological polar surface area (TPSA) is 72.6 Å². The number of benzene rings is 1. The van der Waals surface area contributed by atoms with Gasteiger partial charge in [-0.15, -0.1) is 0 Å². The van der Waals surface area contributed by atoms with Gasteiger partial charge in [0.2, 0.25) is 0 Å². The van der Waals surface area contributed by atoms with Gasteiger partial charge in [0.1, 0.15) is 5.54 Å². The molecule has 2 atom stereocenters. The van der Waals surface area contributed by atoms with Crippen molar-refractivity contribution >= 4 is 5.97 Å². The summed E-state index contributed by atoms with van der Waals surface area (Å²) in [6.45, 7) is 1.04. The third-order valence-electron chi connectivity index (χ3n) is 3.40. The quantitative estimate of drug-likeness (QED) is 0.818. The van der Waals surface area contributed by atoms with Crippen LogP contribution in [0.25, 0.3) is 0 Å². The molecule has 0 saturated carbocycles. The zero-order valence-corrected chi connectivity index (χ0v) is 9.63. The zero-order valence-electron chi connectivity index (χ0n) is 9.63. The molecule has 1 fully saturated rings. The molecule has 1 saturated heterocycles. The van der Waals surface area contributed by atoms with E-state index < -0.39 is 11.5 Å². The van der Waals surface area contributed by atoms with Gasteiger partial charge in [-0.05, 0) is 12.0 Å². The number of carbonyl (C=O) groups is 1. The Morgan fingerprint density at radius 3 is 2.71 bits per heavy atom. The van der Waals surface area contributed by atoms with Gasteiger partial charge in [0.15, 0.2) is 0 Å². The molecule has 17 heavy (non-hydrogen) atoms. The average molecular weight is 235 g/mol. The molecule has 4 nitrogen and oxygen atoms in total. The van der Waals surface area contributed by atoms with Crippen LogP contribution in [0, 0.1) is 5.92 Å². The fourth-order valence-electron chi connectivity index (χ4n) is 2.27. The highest BCUT2D eigenvalue weighted by atomic mass is 16.5. The molecule has 0 radical (unpaired) electrons. The highest BCUT2D eigenvalue weighted by Gasteiger charge is 2.44. The SMILES string of the molecule is NC(Cc1ccccc1)(C(=O)O)C1CCOC1. The molecule has 0 spiro atoms. The van der Waals surface area contributed by atoms with Gasteiger partial charge >= 0.3 is 5.97 Å². The second kappa shape index (κ2) is 4.85. The van der Waals surface area contributed by atoms with Crippen LogP contribution in [0.2, 0.25) is 0 Å². The number of rotatable bonds is 4. The van der Waals surface area contributed by atoms with Crippen LogP contribution in [-0.4, -0.2) is 29.8 Å². The van der Waals surface area contributed by atoms with Gasteiger partial charge in [0, 0.05) is 18.9 Å². The second-order valence-electron chi connectivity index (χ2n) is 4.57. The van der Waals surface area contributed by atoms with E-state index >= 15 is 0 Å². The van der Waals surface area contributed by atoms with E-state index in [1.807, 2.05) is 30.3 Å². The van der Waals surface area contributed by atoms with Crippen molar-refractivity contribution in [3.8, 4) is 0 Å². The first kappa shape index (κ1) is 12.1. The molecule has 2 unspecified atom stereocenters. The molecule has 4 heteroatoms. The maximum Gasteiger partial charge on any atom is 0.324 e. The first-order chi connectivity index (χ1) is 8.13. The number of nitrogens with two attached hydrogens (primary N) is 1. The van der Waals surface area contributed by atoms with Crippen LogP contribution in [0.5, 0.6) is 0 Å². The predicted octanol–water partition coefficient (Wildman–Crippen LogP) is 1.05. The van der Waals surface area contributed by atoms with Gasteiger partial charge < -0.3 is 15.6 Å². The molecule has 0 bridgehead atoms. The maximum atomic E-state index is 11.4. The van der Waals surface area contributed by atoms with E-state index in [-0.39, 0.29) is 5.92 Å². The van der Waals surface area contributed by atoms with E-state index in [0.717, 1.165) is 12.0 Å². The molecule has 1 aliphatic rings. The molecule has 3 N–H and O–H groups in total. The number of aliphatic carboxylic acids is 1. The van der Waals surface area contributed by atoms with E-state index in [9.17, 15) is 9.90 Å². The van der Waals surface area contributed by atoms with E-state index in [0.29, 0.717) is 19.6 Å². The molecule has 0 aromatic heterocycles. The Labute approximate surface area is 100 Å². The number of carboxylic acids is 1. The van der Waals surface area contributed by atoms with Crippen LogP contribution >= 0.6 is 0 Å². The summed E-state index contributed by atoms with van der Waals surface area (Å²) in [5, 5.41) is 9.37. The van der Waals surface area contributed by atoms with Crippen molar-refractivity contribution in [2.75, 3.05) is 13.2 Å². The summed E-state index contributed by atoms with van der Waals surface area (Å²) in [7, 11) is 0. The molecule has 2 rings (SSSR count). The van der Waals surface area contributed by atoms with Gasteiger partial charge in [0.05, 0.1) is 6.61 Å². The minimum absolute atomic E-state index is 0.111. The second-order valence-corrected chi connectivity index (χ2v) is 4.57. The fourth-order valence-corrected chi connectivity index (χ4v) is 2.27. The third kappa shape index (κ3) is 2.48. The molecule has 0 aliphatic carbocycles. The standard InChI is InChI=1S/C13H17NO3/c14-13(12(15)16,11-6-7-17-9-11)8-10-4-2-1-3-5-10/h1-5,11H,6-9,14H2,(H,15,16). The monoisotopic (exact) mass is 235 g/mol. The van der Waals surface area contributed by atoms with Crippen LogP contribution in [0.1, 0.15) is 12.0 Å². The van der Waals surface area contributed by atoms with Gasteiger partial charge in [-0.3, -0.25) is 4.79 Å². The largest absolute Gasteiger partial charge is 0.480 e. The van der Waals surface area contributed by atoms with Gasteiger partial charge in [0.25, 0.3) is 0 Å². The summed E-state index contributed by atoms with van der Waals surface area (Å²) in [5.74, 6) is -1.06. The Morgan fingerprint density at radius 2 is 2.18 bits per heavy atom. The number of hydrogen-bond donors (Lipinski definition) is 2. The lowest BCUT2D eigenvalue weighted by molar-refractivity contribution is -0.145. The molecule has 1 heterocycles. The summed E-state index contributed by atoms with van der Waals surface area (Å²) in [6.07, 6.45) is 1.06. The average Bonchev–Trinajstić information content (AvgIpc) is 2.84. The predicted molar refractivity (Wildman–Crippen MR) is 63.6 cm³/mol. The van der Waals surface area contributed by atoms with Crippen LogP contribution < -0.4 is 5.73 Å². The smallest absolute Gasteiger partial charge is 0.324 e. The van der Waals surface area contributed by atoms with Gasteiger partial charge in [-0.2, -0.15) is 0 Å². The lowest BCUT2D eigenvalue weighted by Gasteiger charge is -2.30. The van der Waals surface area contributed by atoms with Crippen LogP contribution in [0.3, 0.4) is 0 Å². The minimum atomic E-state index is -1.22. The van der Waals surface area contributed by atoms with Gasteiger partial charge in [-0.1, -0.05) is 30.3 Å². The molecule has 1 aliphatic heterocycles. The van der Waals surface area contributed by atoms with Crippen molar-refractivity contribution in [2.24, 2.45) is 11.7 Å². The summed E-state index contributed by atoms with van der Waals surface area (Å²) in [5.41, 5.74) is 5.82. The highest BCUT2D eigenvalue weighted by molar-refractivity contribution is 5.79. The van der Waals surface area contributed by atoms with E-state index in [2.05, 4.69) is 0 Å². The van der Waals surface area contributed by atoms with Crippen molar-refractivity contribution in [2.45, 2.75) is 18.4 Å². The fraction of sp³-hybridized carbons (Fsp3) is 0.462. The normalized spacial score (nSPS) is 23.2. The van der Waals surface area contributed by atoms with Crippen molar-refractivity contribution in [1.29, 1.82) is 0 Å². The number of hydrogen-bond acceptors (Lipinski definition) is 3. The summed E-state index contributed by atoms with van der Waals surface area (Å²) in [6, 6.07) is 9.49. The van der Waals surface area contributed by atoms with Crippen LogP contribution in [0.4, 0.5) is 0 Å². The Kier molecular flexibility index (Phi) is 3.45. The van der Waals surface area contributed by atoms with Crippen molar-refractivity contribution in [3.05, 3.63) is 35.9 Å². The van der Waals surface area contributed by atoms with Crippen LogP contribution in [-0.2, 0) is 16.0 Å². The van der Waals surface area contributed by atoms with Crippen molar-refractivity contribution < 1.29 is 14.6 Å².